The van der Waals surface area contributed by atoms with E-state index in [9.17, 15) is 0 Å². The summed E-state index contributed by atoms with van der Waals surface area (Å²) in [6, 6.07) is 7.41. The lowest BCUT2D eigenvalue weighted by atomic mass is 9.80. The summed E-state index contributed by atoms with van der Waals surface area (Å²) in [6.45, 7) is 0.575. The van der Waals surface area contributed by atoms with Crippen LogP contribution in [0.1, 0.15) is 34.8 Å². The molecule has 4 aromatic rings. The Morgan fingerprint density at radius 2 is 2.10 bits per heavy atom. The molecule has 0 aliphatic heterocycles. The summed E-state index contributed by atoms with van der Waals surface area (Å²) in [4.78, 5) is 12.0. The Bertz CT molecular complexity index is 1300. The number of nitrogens with zero attached hydrogens (tertiary/aromatic N) is 3. The molecular weight excluding hydrogens is 427 g/mol. The number of allylic oxidation sites excluding steroid dienone is 2. The van der Waals surface area contributed by atoms with Crippen LogP contribution >= 0.6 is 34.5 Å². The topological polar surface area (TPSA) is 63.8 Å². The molecule has 0 saturated carbocycles. The van der Waals surface area contributed by atoms with Crippen LogP contribution in [-0.2, 0) is 6.54 Å². The molecule has 3 heterocycles. The van der Waals surface area contributed by atoms with Gasteiger partial charge in [0.25, 0.3) is 0 Å². The third-order valence-corrected chi connectivity index (χ3v) is 7.42. The number of anilines is 1. The van der Waals surface area contributed by atoms with Gasteiger partial charge in [0, 0.05) is 29.0 Å². The van der Waals surface area contributed by atoms with Crippen LogP contribution in [0.25, 0.3) is 27.4 Å². The molecule has 5 nitrogen and oxygen atoms in total. The zero-order valence-corrected chi connectivity index (χ0v) is 17.4. The van der Waals surface area contributed by atoms with Gasteiger partial charge in [-0.2, -0.15) is 0 Å². The summed E-state index contributed by atoms with van der Waals surface area (Å²) in [6.07, 6.45) is 6.30. The first-order valence-electron chi connectivity index (χ1n) is 9.33. The van der Waals surface area contributed by atoms with E-state index in [1.165, 1.54) is 22.4 Å². The lowest BCUT2D eigenvalue weighted by molar-refractivity contribution is 0.430. The number of aromatic nitrogens is 3. The molecular formula is C21H14Cl2N4OS. The predicted molar refractivity (Wildman–Crippen MR) is 117 cm³/mol. The van der Waals surface area contributed by atoms with Crippen LogP contribution in [0.4, 0.5) is 5.82 Å². The number of hydrogen-bond acceptors (Lipinski definition) is 6. The number of rotatable bonds is 4. The van der Waals surface area contributed by atoms with E-state index in [-0.39, 0.29) is 0 Å². The van der Waals surface area contributed by atoms with E-state index in [2.05, 4.69) is 16.5 Å². The van der Waals surface area contributed by atoms with Gasteiger partial charge in [-0.05, 0) is 36.1 Å². The van der Waals surface area contributed by atoms with E-state index in [1.807, 2.05) is 18.2 Å². The van der Waals surface area contributed by atoms with Gasteiger partial charge in [-0.25, -0.2) is 9.97 Å². The number of hydrogen-bond donors (Lipinski definition) is 1. The van der Waals surface area contributed by atoms with Gasteiger partial charge in [0.05, 0.1) is 21.6 Å². The van der Waals surface area contributed by atoms with Gasteiger partial charge in [-0.3, -0.25) is 0 Å². The van der Waals surface area contributed by atoms with Crippen molar-refractivity contribution in [2.45, 2.75) is 25.3 Å². The van der Waals surface area contributed by atoms with E-state index in [1.54, 1.807) is 23.6 Å². The third-order valence-electron chi connectivity index (χ3n) is 5.48. The van der Waals surface area contributed by atoms with Crippen LogP contribution in [0.2, 0.25) is 10.0 Å². The van der Waals surface area contributed by atoms with Crippen molar-refractivity contribution in [3.05, 3.63) is 62.6 Å². The average molecular weight is 441 g/mol. The van der Waals surface area contributed by atoms with Crippen LogP contribution in [0.3, 0.4) is 0 Å². The fourth-order valence-corrected chi connectivity index (χ4v) is 5.80. The van der Waals surface area contributed by atoms with Gasteiger partial charge < -0.3 is 9.84 Å². The Morgan fingerprint density at radius 3 is 2.93 bits per heavy atom. The van der Waals surface area contributed by atoms with Crippen molar-refractivity contribution in [2.24, 2.45) is 0 Å². The zero-order chi connectivity index (χ0) is 19.5. The summed E-state index contributed by atoms with van der Waals surface area (Å²) in [5, 5.41) is 9.46. The van der Waals surface area contributed by atoms with Crippen LogP contribution in [-0.4, -0.2) is 15.1 Å². The van der Waals surface area contributed by atoms with E-state index in [0.29, 0.717) is 34.1 Å². The first-order chi connectivity index (χ1) is 14.2. The minimum atomic E-state index is 0.534. The largest absolute Gasteiger partial charge is 0.365 e. The second-order valence-corrected chi connectivity index (χ2v) is 9.03. The van der Waals surface area contributed by atoms with Gasteiger partial charge in [0.15, 0.2) is 0 Å². The van der Waals surface area contributed by atoms with E-state index < -0.39 is 0 Å². The lowest BCUT2D eigenvalue weighted by Crippen LogP contribution is -2.10. The number of fused-ring (bicyclic) bond motifs is 6. The molecule has 0 bridgehead atoms. The second-order valence-electron chi connectivity index (χ2n) is 7.19. The minimum Gasteiger partial charge on any atom is -0.365 e. The molecule has 0 spiro atoms. The van der Waals surface area contributed by atoms with Crippen molar-refractivity contribution in [1.29, 1.82) is 0 Å². The highest BCUT2D eigenvalue weighted by Crippen LogP contribution is 2.59. The van der Waals surface area contributed by atoms with Crippen molar-refractivity contribution < 1.29 is 4.52 Å². The highest BCUT2D eigenvalue weighted by atomic mass is 35.5. The Balaban J connectivity index is 1.46. The molecule has 2 aliphatic rings. The fraction of sp³-hybridized carbons (Fsp3) is 0.190. The smallest absolute Gasteiger partial charge is 0.204 e. The Labute approximate surface area is 180 Å². The maximum atomic E-state index is 6.17. The molecule has 1 N–H and O–H groups in total. The van der Waals surface area contributed by atoms with Crippen LogP contribution < -0.4 is 5.32 Å². The molecule has 1 aromatic carbocycles. The summed E-state index contributed by atoms with van der Waals surface area (Å²) in [5.74, 6) is 2.46. The van der Waals surface area contributed by atoms with Gasteiger partial charge in [0.1, 0.15) is 10.6 Å². The Hall–Kier alpha value is -2.41. The summed E-state index contributed by atoms with van der Waals surface area (Å²) < 4.78 is 5.30. The first-order valence-corrected chi connectivity index (χ1v) is 10.9. The molecule has 2 aliphatic carbocycles. The molecule has 8 heteroatoms. The number of nitrogens with one attached hydrogen (secondary N) is 1. The van der Waals surface area contributed by atoms with Crippen molar-refractivity contribution >= 4 is 56.1 Å². The average Bonchev–Trinajstić information content (AvgIpc) is 3.44. The monoisotopic (exact) mass is 440 g/mol. The molecule has 6 rings (SSSR count). The quantitative estimate of drug-likeness (QED) is 0.390. The van der Waals surface area contributed by atoms with Gasteiger partial charge in [0.2, 0.25) is 11.6 Å². The second kappa shape index (κ2) is 6.55. The number of benzene rings is 1. The van der Waals surface area contributed by atoms with E-state index in [4.69, 9.17) is 37.7 Å². The van der Waals surface area contributed by atoms with Crippen molar-refractivity contribution in [2.75, 3.05) is 5.32 Å². The standard InChI is InChI=1S/C21H14Cl2N4OS/c22-13-5-4-10(8-14(13)23)9-24-20-17-16-11-2-1-3-12(11)18(16)29-21(17)27-19(26-20)15-6-7-25-28-15/h2,4-8,12H,1,3,9H2,(H,24,26,27). The Morgan fingerprint density at radius 1 is 1.17 bits per heavy atom. The molecule has 0 amide bonds. The lowest BCUT2D eigenvalue weighted by Gasteiger charge is -2.26. The summed E-state index contributed by atoms with van der Waals surface area (Å²) >= 11 is 14.0. The van der Waals surface area contributed by atoms with Crippen LogP contribution in [0.5, 0.6) is 0 Å². The third kappa shape index (κ3) is 2.70. The molecule has 0 saturated heterocycles. The molecule has 1 unspecified atom stereocenters. The van der Waals surface area contributed by atoms with Gasteiger partial charge in [-0.15, -0.1) is 11.3 Å². The van der Waals surface area contributed by atoms with Crippen molar-refractivity contribution in [1.82, 2.24) is 15.1 Å². The maximum Gasteiger partial charge on any atom is 0.204 e. The van der Waals surface area contributed by atoms with Crippen LogP contribution in [0.15, 0.2) is 41.1 Å². The van der Waals surface area contributed by atoms with Gasteiger partial charge >= 0.3 is 0 Å². The van der Waals surface area contributed by atoms with E-state index >= 15 is 0 Å². The predicted octanol–water partition coefficient (Wildman–Crippen LogP) is 6.54. The Kier molecular flexibility index (Phi) is 3.94. The van der Waals surface area contributed by atoms with E-state index in [0.717, 1.165) is 28.0 Å². The number of thiophene rings is 1. The zero-order valence-electron chi connectivity index (χ0n) is 15.1. The highest BCUT2D eigenvalue weighted by molar-refractivity contribution is 7.19. The highest BCUT2D eigenvalue weighted by Gasteiger charge is 2.39. The number of halogens is 2. The normalized spacial score (nSPS) is 17.0. The molecule has 0 radical (unpaired) electrons. The molecule has 0 fully saturated rings. The van der Waals surface area contributed by atoms with Crippen molar-refractivity contribution in [3.8, 4) is 11.6 Å². The van der Waals surface area contributed by atoms with Crippen LogP contribution in [0, 0.1) is 0 Å². The fourth-order valence-electron chi connectivity index (χ4n) is 4.13. The molecule has 3 aromatic heterocycles. The van der Waals surface area contributed by atoms with Crippen molar-refractivity contribution in [3.63, 3.8) is 0 Å². The maximum absolute atomic E-state index is 6.17. The summed E-state index contributed by atoms with van der Waals surface area (Å²) in [5.41, 5.74) is 3.78. The minimum absolute atomic E-state index is 0.534. The van der Waals surface area contributed by atoms with Gasteiger partial charge in [-0.1, -0.05) is 40.5 Å². The molecule has 1 atom stereocenters. The molecule has 144 valence electrons. The summed E-state index contributed by atoms with van der Waals surface area (Å²) in [7, 11) is 0. The molecule has 29 heavy (non-hydrogen) atoms. The SMILES string of the molecule is Clc1ccc(CNc2nc(-c3ccno3)nc3sc4c(c23)C2=CCCC24)cc1Cl. The first kappa shape index (κ1) is 17.4.